The summed E-state index contributed by atoms with van der Waals surface area (Å²) < 4.78 is 13.3. The minimum absolute atomic E-state index is 0.132. The van der Waals surface area contributed by atoms with Crippen molar-refractivity contribution in [3.63, 3.8) is 0 Å². The summed E-state index contributed by atoms with van der Waals surface area (Å²) in [5.41, 5.74) is 1.64. The summed E-state index contributed by atoms with van der Waals surface area (Å²) >= 11 is 0. The van der Waals surface area contributed by atoms with Crippen LogP contribution < -0.4 is 15.2 Å². The quantitative estimate of drug-likeness (QED) is 0.794. The Morgan fingerprint density at radius 1 is 1.28 bits per heavy atom. The number of aryl methyl sites for hydroxylation is 1. The Morgan fingerprint density at radius 2 is 2.16 bits per heavy atom. The first-order valence-electron chi connectivity index (χ1n) is 8.21. The second kappa shape index (κ2) is 4.95. The zero-order valence-electron chi connectivity index (χ0n) is 13.7. The van der Waals surface area contributed by atoms with Crippen LogP contribution in [0.1, 0.15) is 24.2 Å². The first kappa shape index (κ1) is 14.3. The lowest BCUT2D eigenvalue weighted by Crippen LogP contribution is -2.16. The van der Waals surface area contributed by atoms with Gasteiger partial charge < -0.3 is 9.47 Å². The third kappa shape index (κ3) is 2.15. The lowest BCUT2D eigenvalue weighted by molar-refractivity contribution is 0.323. The Balaban J connectivity index is 1.47. The van der Waals surface area contributed by atoms with Crippen molar-refractivity contribution in [2.75, 3.05) is 6.61 Å². The van der Waals surface area contributed by atoms with Crippen LogP contribution in [0.15, 0.2) is 41.3 Å². The first-order chi connectivity index (χ1) is 12.2. The third-order valence-corrected chi connectivity index (χ3v) is 4.91. The summed E-state index contributed by atoms with van der Waals surface area (Å²) in [6.45, 7) is 2.49. The summed E-state index contributed by atoms with van der Waals surface area (Å²) in [7, 11) is 0. The zero-order chi connectivity index (χ0) is 17.0. The van der Waals surface area contributed by atoms with Crippen LogP contribution in [0.4, 0.5) is 0 Å². The monoisotopic (exact) mass is 336 g/mol. The van der Waals surface area contributed by atoms with Gasteiger partial charge in [-0.25, -0.2) is 19.4 Å². The molecule has 0 saturated heterocycles. The molecule has 0 bridgehead atoms. The van der Waals surface area contributed by atoms with Crippen molar-refractivity contribution in [2.24, 2.45) is 0 Å². The number of pyridine rings is 1. The molecule has 3 heterocycles. The average Bonchev–Trinajstić information content (AvgIpc) is 3.19. The zero-order valence-corrected chi connectivity index (χ0v) is 13.7. The molecule has 1 fully saturated rings. The van der Waals surface area contributed by atoms with Crippen molar-refractivity contribution in [1.29, 1.82) is 0 Å². The highest BCUT2D eigenvalue weighted by atomic mass is 16.5. The maximum absolute atomic E-state index is 11.8. The van der Waals surface area contributed by atoms with Gasteiger partial charge in [0.15, 0.2) is 0 Å². The summed E-state index contributed by atoms with van der Waals surface area (Å²) in [4.78, 5) is 16.1. The van der Waals surface area contributed by atoms with Gasteiger partial charge in [-0.3, -0.25) is 0 Å². The van der Waals surface area contributed by atoms with E-state index in [1.807, 2.05) is 18.2 Å². The molecule has 126 valence electrons. The molecule has 1 saturated carbocycles. The Hall–Kier alpha value is -3.09. The first-order valence-corrected chi connectivity index (χ1v) is 8.21. The number of fused-ring (bicyclic) bond motifs is 2. The van der Waals surface area contributed by atoms with Crippen LogP contribution in [0.25, 0.3) is 5.69 Å². The van der Waals surface area contributed by atoms with Crippen LogP contribution in [0.2, 0.25) is 0 Å². The van der Waals surface area contributed by atoms with E-state index in [0.29, 0.717) is 17.4 Å². The molecule has 2 aliphatic rings. The molecule has 1 N–H and O–H groups in total. The molecule has 0 unspecified atom stereocenters. The molecule has 0 amide bonds. The Kier molecular flexibility index (Phi) is 2.83. The minimum Gasteiger partial charge on any atom is -0.492 e. The number of aromatic nitrogens is 4. The smallest absolute Gasteiger partial charge is 0.347 e. The van der Waals surface area contributed by atoms with Gasteiger partial charge >= 0.3 is 5.69 Å². The van der Waals surface area contributed by atoms with E-state index in [1.165, 1.54) is 4.57 Å². The van der Waals surface area contributed by atoms with E-state index in [0.717, 1.165) is 36.5 Å². The fraction of sp³-hybridized carbons (Fsp3) is 0.278. The highest BCUT2D eigenvalue weighted by Gasteiger charge is 2.52. The fourth-order valence-electron chi connectivity index (χ4n) is 3.43. The van der Waals surface area contributed by atoms with E-state index in [2.05, 4.69) is 15.2 Å². The van der Waals surface area contributed by atoms with Gasteiger partial charge in [-0.15, -0.1) is 0 Å². The second-order valence-corrected chi connectivity index (χ2v) is 6.57. The van der Waals surface area contributed by atoms with Crippen LogP contribution >= 0.6 is 0 Å². The van der Waals surface area contributed by atoms with Crippen LogP contribution in [-0.2, 0) is 5.41 Å². The molecule has 7 nitrogen and oxygen atoms in total. The van der Waals surface area contributed by atoms with Gasteiger partial charge in [0.25, 0.3) is 0 Å². The van der Waals surface area contributed by atoms with Crippen LogP contribution in [0.3, 0.4) is 0 Å². The van der Waals surface area contributed by atoms with E-state index in [-0.39, 0.29) is 11.1 Å². The lowest BCUT2D eigenvalue weighted by atomic mass is 9.97. The van der Waals surface area contributed by atoms with Gasteiger partial charge in [0.2, 0.25) is 5.88 Å². The van der Waals surface area contributed by atoms with Gasteiger partial charge in [0.05, 0.1) is 18.5 Å². The van der Waals surface area contributed by atoms with Gasteiger partial charge in [-0.2, -0.15) is 5.10 Å². The highest BCUT2D eigenvalue weighted by Crippen LogP contribution is 2.58. The normalized spacial score (nSPS) is 16.5. The molecular formula is C18H16N4O3. The number of hydrogen-bond acceptors (Lipinski definition) is 5. The molecule has 2 aromatic heterocycles. The van der Waals surface area contributed by atoms with Gasteiger partial charge in [-0.05, 0) is 38.0 Å². The van der Waals surface area contributed by atoms with E-state index in [1.54, 1.807) is 25.3 Å². The number of aromatic amines is 1. The molecule has 3 aromatic rings. The molecule has 0 atom stereocenters. The number of benzene rings is 1. The van der Waals surface area contributed by atoms with Crippen molar-refractivity contribution in [1.82, 2.24) is 19.7 Å². The summed E-state index contributed by atoms with van der Waals surface area (Å²) in [5.74, 6) is 2.76. The third-order valence-electron chi connectivity index (χ3n) is 4.91. The predicted octanol–water partition coefficient (Wildman–Crippen LogP) is 2.48. The molecule has 1 aromatic carbocycles. The number of nitrogens with zero attached hydrogens (tertiary/aromatic N) is 3. The van der Waals surface area contributed by atoms with Crippen LogP contribution in [-0.4, -0.2) is 26.4 Å². The SMILES string of the molecule is Cc1n[nH]c(=O)n1-c1ccc(Oc2cccc3c2C2(CC2)CO3)nc1. The van der Waals surface area contributed by atoms with Gasteiger partial charge in [0, 0.05) is 17.0 Å². The van der Waals surface area contributed by atoms with Crippen molar-refractivity contribution < 1.29 is 9.47 Å². The molecule has 7 heteroatoms. The standard InChI is InChI=1S/C18H16N4O3/c1-11-20-21-17(23)22(11)12-5-6-15(19-9-12)25-14-4-2-3-13-16(14)18(7-8-18)10-24-13/h2-6,9H,7-8,10H2,1H3,(H,21,23). The summed E-state index contributed by atoms with van der Waals surface area (Å²) in [6, 6.07) is 9.41. The number of ether oxygens (including phenoxy) is 2. The molecule has 1 aliphatic heterocycles. The Bertz CT molecular complexity index is 1020. The number of nitrogens with one attached hydrogen (secondary N) is 1. The van der Waals surface area contributed by atoms with Gasteiger partial charge in [0.1, 0.15) is 17.3 Å². The number of hydrogen-bond donors (Lipinski definition) is 1. The molecule has 1 spiro atoms. The average molecular weight is 336 g/mol. The Morgan fingerprint density at radius 3 is 2.84 bits per heavy atom. The minimum atomic E-state index is -0.290. The summed E-state index contributed by atoms with van der Waals surface area (Å²) in [5, 5.41) is 6.32. The van der Waals surface area contributed by atoms with E-state index in [9.17, 15) is 4.79 Å². The number of H-pyrrole nitrogens is 1. The lowest BCUT2D eigenvalue weighted by Gasteiger charge is -2.12. The van der Waals surface area contributed by atoms with Crippen LogP contribution in [0, 0.1) is 6.92 Å². The van der Waals surface area contributed by atoms with E-state index >= 15 is 0 Å². The predicted molar refractivity (Wildman–Crippen MR) is 89.6 cm³/mol. The maximum atomic E-state index is 11.8. The molecule has 5 rings (SSSR count). The van der Waals surface area contributed by atoms with Crippen molar-refractivity contribution in [2.45, 2.75) is 25.2 Å². The van der Waals surface area contributed by atoms with Crippen molar-refractivity contribution in [3.8, 4) is 23.1 Å². The number of rotatable bonds is 3. The molecule has 25 heavy (non-hydrogen) atoms. The maximum Gasteiger partial charge on any atom is 0.347 e. The molecular weight excluding hydrogens is 320 g/mol. The Labute approximate surface area is 143 Å². The van der Waals surface area contributed by atoms with Crippen molar-refractivity contribution >= 4 is 0 Å². The highest BCUT2D eigenvalue weighted by molar-refractivity contribution is 5.56. The topological polar surface area (TPSA) is 82.0 Å². The van der Waals surface area contributed by atoms with Crippen molar-refractivity contribution in [3.05, 3.63) is 58.4 Å². The van der Waals surface area contributed by atoms with Gasteiger partial charge in [-0.1, -0.05) is 6.07 Å². The molecule has 1 aliphatic carbocycles. The van der Waals surface area contributed by atoms with E-state index < -0.39 is 0 Å². The van der Waals surface area contributed by atoms with Crippen LogP contribution in [0.5, 0.6) is 17.4 Å². The summed E-state index contributed by atoms with van der Waals surface area (Å²) in [6.07, 6.45) is 3.87. The fourth-order valence-corrected chi connectivity index (χ4v) is 3.43. The largest absolute Gasteiger partial charge is 0.492 e. The van der Waals surface area contributed by atoms with E-state index in [4.69, 9.17) is 9.47 Å². The molecule has 0 radical (unpaired) electrons. The second-order valence-electron chi connectivity index (χ2n) is 6.57.